The highest BCUT2D eigenvalue weighted by Gasteiger charge is 2.04. The molecule has 136 valence electrons. The highest BCUT2D eigenvalue weighted by Crippen LogP contribution is 2.15. The molecule has 2 aromatic rings. The molecule has 0 spiro atoms. The minimum absolute atomic E-state index is 0. The summed E-state index contributed by atoms with van der Waals surface area (Å²) in [6.45, 7) is 7.05. The molecule has 25 heavy (non-hydrogen) atoms. The lowest BCUT2D eigenvalue weighted by molar-refractivity contribution is 0.414. The van der Waals surface area contributed by atoms with Crippen molar-refractivity contribution in [3.63, 3.8) is 0 Å². The normalized spacial score (nSPS) is 12.2. The molecule has 0 aliphatic rings. The number of nitrogens with two attached hydrogens (primary N) is 1. The van der Waals surface area contributed by atoms with E-state index in [4.69, 9.17) is 10.5 Å². The van der Waals surface area contributed by atoms with E-state index < -0.39 is 0 Å². The first-order valence-corrected chi connectivity index (χ1v) is 8.25. The molecule has 0 heterocycles. The summed E-state index contributed by atoms with van der Waals surface area (Å²) in [7, 11) is 1.68. The Bertz CT molecular complexity index is 699. The smallest absolute Gasteiger partial charge is 0.193 e. The molecule has 0 fully saturated rings. The number of methoxy groups -OCH3 is 1. The summed E-state index contributed by atoms with van der Waals surface area (Å²) in [4.78, 5) is 4.46. The van der Waals surface area contributed by atoms with E-state index >= 15 is 0 Å². The van der Waals surface area contributed by atoms with Crippen molar-refractivity contribution in [3.05, 3.63) is 59.2 Å². The van der Waals surface area contributed by atoms with Crippen LogP contribution in [-0.2, 0) is 6.42 Å². The maximum absolute atomic E-state index is 6.00. The molecule has 1 unspecified atom stereocenters. The van der Waals surface area contributed by atoms with Gasteiger partial charge in [0.1, 0.15) is 5.75 Å². The SMILES string of the molecule is COc1ccc(CC(C)CN=C(N)Nc2ccc(C)c(C)c2)cc1.I. The van der Waals surface area contributed by atoms with Crippen molar-refractivity contribution in [2.75, 3.05) is 19.0 Å². The second-order valence-electron chi connectivity index (χ2n) is 6.31. The molecule has 0 aromatic heterocycles. The lowest BCUT2D eigenvalue weighted by Crippen LogP contribution is -2.24. The van der Waals surface area contributed by atoms with Crippen LogP contribution in [0.25, 0.3) is 0 Å². The Hall–Kier alpha value is -1.76. The summed E-state index contributed by atoms with van der Waals surface area (Å²) >= 11 is 0. The second-order valence-corrected chi connectivity index (χ2v) is 6.31. The van der Waals surface area contributed by atoms with Crippen LogP contribution >= 0.6 is 24.0 Å². The molecule has 2 rings (SSSR count). The van der Waals surface area contributed by atoms with E-state index in [1.165, 1.54) is 16.7 Å². The minimum atomic E-state index is 0. The number of ether oxygens (including phenoxy) is 1. The Balaban J connectivity index is 0.00000312. The number of nitrogens with zero attached hydrogens (tertiary/aromatic N) is 1. The highest BCUT2D eigenvalue weighted by atomic mass is 127. The van der Waals surface area contributed by atoms with E-state index in [0.29, 0.717) is 18.4 Å². The van der Waals surface area contributed by atoms with E-state index in [1.807, 2.05) is 18.2 Å². The fraction of sp³-hybridized carbons (Fsp3) is 0.350. The third-order valence-electron chi connectivity index (χ3n) is 4.10. The van der Waals surface area contributed by atoms with Gasteiger partial charge in [0.15, 0.2) is 5.96 Å². The van der Waals surface area contributed by atoms with Crippen molar-refractivity contribution >= 4 is 35.6 Å². The molecule has 0 amide bonds. The molecule has 3 N–H and O–H groups in total. The van der Waals surface area contributed by atoms with Gasteiger partial charge in [-0.15, -0.1) is 24.0 Å². The summed E-state index contributed by atoms with van der Waals surface area (Å²) in [5.74, 6) is 1.75. The number of rotatable bonds is 6. The maximum atomic E-state index is 6.00. The van der Waals surface area contributed by atoms with Crippen LogP contribution < -0.4 is 15.8 Å². The summed E-state index contributed by atoms with van der Waals surface area (Å²) in [5, 5.41) is 3.16. The molecular formula is C20H28IN3O. The Kier molecular flexibility index (Phi) is 8.75. The van der Waals surface area contributed by atoms with E-state index in [2.05, 4.69) is 55.3 Å². The predicted molar refractivity (Wildman–Crippen MR) is 117 cm³/mol. The summed E-state index contributed by atoms with van der Waals surface area (Å²) in [6, 6.07) is 14.3. The van der Waals surface area contributed by atoms with Crippen LogP contribution in [-0.4, -0.2) is 19.6 Å². The minimum Gasteiger partial charge on any atom is -0.497 e. The number of aliphatic imine (C=N–C) groups is 1. The van der Waals surface area contributed by atoms with Gasteiger partial charge in [0.2, 0.25) is 0 Å². The quantitative estimate of drug-likeness (QED) is 0.384. The zero-order chi connectivity index (χ0) is 17.5. The fourth-order valence-corrected chi connectivity index (χ4v) is 2.49. The standard InChI is InChI=1S/C20H27N3O.HI/c1-14(11-17-6-9-19(24-4)10-7-17)13-22-20(21)23-18-8-5-15(2)16(3)12-18;/h5-10,12,14H,11,13H2,1-4H3,(H3,21,22,23);1H. The summed E-state index contributed by atoms with van der Waals surface area (Å²) in [5.41, 5.74) is 10.8. The molecule has 2 aromatic carbocycles. The van der Waals surface area contributed by atoms with Crippen molar-refractivity contribution in [3.8, 4) is 5.75 Å². The van der Waals surface area contributed by atoms with E-state index in [0.717, 1.165) is 17.9 Å². The Morgan fingerprint density at radius 3 is 2.40 bits per heavy atom. The monoisotopic (exact) mass is 453 g/mol. The number of hydrogen-bond acceptors (Lipinski definition) is 2. The van der Waals surface area contributed by atoms with Gasteiger partial charge >= 0.3 is 0 Å². The topological polar surface area (TPSA) is 59.6 Å². The lowest BCUT2D eigenvalue weighted by atomic mass is 10.0. The van der Waals surface area contributed by atoms with E-state index in [-0.39, 0.29) is 24.0 Å². The third kappa shape index (κ3) is 6.94. The predicted octanol–water partition coefficient (Wildman–Crippen LogP) is 4.54. The lowest BCUT2D eigenvalue weighted by Gasteiger charge is -2.11. The van der Waals surface area contributed by atoms with E-state index in [9.17, 15) is 0 Å². The summed E-state index contributed by atoms with van der Waals surface area (Å²) < 4.78 is 5.18. The molecule has 4 nitrogen and oxygen atoms in total. The summed E-state index contributed by atoms with van der Waals surface area (Å²) in [6.07, 6.45) is 0.963. The zero-order valence-corrected chi connectivity index (χ0v) is 17.7. The van der Waals surface area contributed by atoms with Gasteiger partial charge in [-0.05, 0) is 67.1 Å². The van der Waals surface area contributed by atoms with Crippen molar-refractivity contribution in [1.82, 2.24) is 0 Å². The number of anilines is 1. The second kappa shape index (κ2) is 10.3. The molecule has 1 atom stereocenters. The highest BCUT2D eigenvalue weighted by molar-refractivity contribution is 14.0. The van der Waals surface area contributed by atoms with Crippen LogP contribution in [0, 0.1) is 19.8 Å². The number of hydrogen-bond donors (Lipinski definition) is 2. The number of aryl methyl sites for hydroxylation is 2. The average Bonchev–Trinajstić information content (AvgIpc) is 2.57. The first kappa shape index (κ1) is 21.3. The number of guanidine groups is 1. The van der Waals surface area contributed by atoms with Crippen LogP contribution in [0.3, 0.4) is 0 Å². The molecule has 0 saturated carbocycles. The maximum Gasteiger partial charge on any atom is 0.193 e. The van der Waals surface area contributed by atoms with Crippen LogP contribution in [0.15, 0.2) is 47.5 Å². The molecule has 0 aliphatic heterocycles. The fourth-order valence-electron chi connectivity index (χ4n) is 2.49. The molecule has 0 bridgehead atoms. The zero-order valence-electron chi connectivity index (χ0n) is 15.4. The Labute approximate surface area is 167 Å². The number of nitrogens with one attached hydrogen (secondary N) is 1. The van der Waals surface area contributed by atoms with E-state index in [1.54, 1.807) is 7.11 Å². The third-order valence-corrected chi connectivity index (χ3v) is 4.10. The van der Waals surface area contributed by atoms with Gasteiger partial charge < -0.3 is 15.8 Å². The molecule has 5 heteroatoms. The Morgan fingerprint density at radius 1 is 1.12 bits per heavy atom. The van der Waals surface area contributed by atoms with Crippen molar-refractivity contribution in [2.24, 2.45) is 16.6 Å². The molecule has 0 saturated heterocycles. The van der Waals surface area contributed by atoms with Crippen LogP contribution in [0.2, 0.25) is 0 Å². The van der Waals surface area contributed by atoms with Gasteiger partial charge in [0, 0.05) is 12.2 Å². The number of halogens is 1. The largest absolute Gasteiger partial charge is 0.497 e. The average molecular weight is 453 g/mol. The van der Waals surface area contributed by atoms with Crippen LogP contribution in [0.5, 0.6) is 5.75 Å². The molecule has 0 aliphatic carbocycles. The van der Waals surface area contributed by atoms with Gasteiger partial charge in [0.25, 0.3) is 0 Å². The van der Waals surface area contributed by atoms with Gasteiger partial charge in [-0.1, -0.05) is 25.1 Å². The van der Waals surface area contributed by atoms with Crippen molar-refractivity contribution < 1.29 is 4.74 Å². The van der Waals surface area contributed by atoms with Gasteiger partial charge in [0.05, 0.1) is 7.11 Å². The van der Waals surface area contributed by atoms with Gasteiger partial charge in [-0.3, -0.25) is 4.99 Å². The van der Waals surface area contributed by atoms with Crippen molar-refractivity contribution in [1.29, 1.82) is 0 Å². The van der Waals surface area contributed by atoms with Crippen LogP contribution in [0.1, 0.15) is 23.6 Å². The first-order chi connectivity index (χ1) is 11.5. The van der Waals surface area contributed by atoms with Crippen molar-refractivity contribution in [2.45, 2.75) is 27.2 Å². The molecule has 0 radical (unpaired) electrons. The number of benzene rings is 2. The van der Waals surface area contributed by atoms with Crippen LogP contribution in [0.4, 0.5) is 5.69 Å². The van der Waals surface area contributed by atoms with Gasteiger partial charge in [-0.25, -0.2) is 0 Å². The molecular weight excluding hydrogens is 425 g/mol. The van der Waals surface area contributed by atoms with Gasteiger partial charge in [-0.2, -0.15) is 0 Å². The Morgan fingerprint density at radius 2 is 1.80 bits per heavy atom. The first-order valence-electron chi connectivity index (χ1n) is 8.25.